The minimum atomic E-state index is 0.281. The van der Waals surface area contributed by atoms with E-state index in [0.717, 1.165) is 29.8 Å². The third kappa shape index (κ3) is 4.81. The number of allylic oxidation sites excluding steroid dienone is 1. The number of phenolic OH excluding ortho intramolecular Hbond substituents is 1. The van der Waals surface area contributed by atoms with E-state index >= 15 is 0 Å². The van der Waals surface area contributed by atoms with Gasteiger partial charge in [0.15, 0.2) is 0 Å². The summed E-state index contributed by atoms with van der Waals surface area (Å²) in [6, 6.07) is 26.2. The smallest absolute Gasteiger partial charge is 0.119 e. The van der Waals surface area contributed by atoms with E-state index in [1.165, 1.54) is 16.7 Å². The van der Waals surface area contributed by atoms with E-state index < -0.39 is 0 Å². The van der Waals surface area contributed by atoms with Crippen LogP contribution in [-0.2, 0) is 0 Å². The first-order valence-electron chi connectivity index (χ1n) is 9.68. The van der Waals surface area contributed by atoms with Gasteiger partial charge in [0.05, 0.1) is 0 Å². The van der Waals surface area contributed by atoms with Gasteiger partial charge in [0.2, 0.25) is 0 Å². The van der Waals surface area contributed by atoms with E-state index in [4.69, 9.17) is 4.74 Å². The number of ether oxygens (including phenoxy) is 1. The molecule has 0 atom stereocenters. The summed E-state index contributed by atoms with van der Waals surface area (Å²) in [6.45, 7) is 3.63. The molecule has 3 rings (SSSR count). The molecule has 0 spiro atoms. The van der Waals surface area contributed by atoms with E-state index in [9.17, 15) is 5.11 Å². The van der Waals surface area contributed by atoms with Crippen molar-refractivity contribution >= 4 is 11.1 Å². The molecule has 0 fully saturated rings. The standard InChI is InChI=1S/C25H27NO2/c1-3-24(19-9-13-22(27)14-10-19)25(20-7-5-4-6-8-20)21-11-15-23(16-12-21)28-18-17-26-2/h4-16,26-27H,3,17-18H2,1-2H3/b25-24-. The van der Waals surface area contributed by atoms with E-state index in [1.807, 2.05) is 37.4 Å². The number of phenols is 1. The van der Waals surface area contributed by atoms with Crippen LogP contribution in [0.3, 0.4) is 0 Å². The molecular weight excluding hydrogens is 346 g/mol. The molecule has 0 aliphatic heterocycles. The topological polar surface area (TPSA) is 41.5 Å². The fourth-order valence-electron chi connectivity index (χ4n) is 3.30. The van der Waals surface area contributed by atoms with E-state index in [0.29, 0.717) is 6.61 Å². The summed E-state index contributed by atoms with van der Waals surface area (Å²) in [5.74, 6) is 1.15. The van der Waals surface area contributed by atoms with Gasteiger partial charge in [0.25, 0.3) is 0 Å². The van der Waals surface area contributed by atoms with Gasteiger partial charge < -0.3 is 15.2 Å². The zero-order chi connectivity index (χ0) is 19.8. The van der Waals surface area contributed by atoms with E-state index in [1.54, 1.807) is 12.1 Å². The zero-order valence-electron chi connectivity index (χ0n) is 16.5. The maximum Gasteiger partial charge on any atom is 0.119 e. The third-order valence-electron chi connectivity index (χ3n) is 4.70. The Morgan fingerprint density at radius 2 is 1.43 bits per heavy atom. The summed E-state index contributed by atoms with van der Waals surface area (Å²) in [7, 11) is 1.92. The van der Waals surface area contributed by atoms with Crippen LogP contribution in [0, 0.1) is 0 Å². The maximum atomic E-state index is 9.67. The number of hydrogen-bond acceptors (Lipinski definition) is 3. The number of aromatic hydroxyl groups is 1. The van der Waals surface area contributed by atoms with Crippen molar-refractivity contribution in [1.82, 2.24) is 5.32 Å². The first-order chi connectivity index (χ1) is 13.7. The monoisotopic (exact) mass is 373 g/mol. The maximum absolute atomic E-state index is 9.67. The second-order valence-corrected chi connectivity index (χ2v) is 6.60. The highest BCUT2D eigenvalue weighted by molar-refractivity contribution is 5.98. The van der Waals surface area contributed by atoms with Crippen LogP contribution >= 0.6 is 0 Å². The highest BCUT2D eigenvalue weighted by Gasteiger charge is 2.13. The molecule has 144 valence electrons. The fourth-order valence-corrected chi connectivity index (χ4v) is 3.30. The van der Waals surface area contributed by atoms with Crippen molar-refractivity contribution in [1.29, 1.82) is 0 Å². The molecule has 3 heteroatoms. The van der Waals surface area contributed by atoms with Gasteiger partial charge in [-0.05, 0) is 65.6 Å². The van der Waals surface area contributed by atoms with Crippen molar-refractivity contribution < 1.29 is 9.84 Å². The lowest BCUT2D eigenvalue weighted by Crippen LogP contribution is -2.15. The average molecular weight is 373 g/mol. The zero-order valence-corrected chi connectivity index (χ0v) is 16.5. The minimum absolute atomic E-state index is 0.281. The number of benzene rings is 3. The summed E-state index contributed by atoms with van der Waals surface area (Å²) < 4.78 is 5.77. The first kappa shape index (κ1) is 19.7. The molecule has 0 aliphatic carbocycles. The van der Waals surface area contributed by atoms with E-state index in [2.05, 4.69) is 48.6 Å². The van der Waals surface area contributed by atoms with Crippen molar-refractivity contribution in [3.63, 3.8) is 0 Å². The number of hydrogen-bond donors (Lipinski definition) is 2. The summed E-state index contributed by atoms with van der Waals surface area (Å²) >= 11 is 0. The molecular formula is C25H27NO2. The number of rotatable bonds is 8. The second-order valence-electron chi connectivity index (χ2n) is 6.60. The molecule has 0 heterocycles. The van der Waals surface area contributed by atoms with Crippen LogP contribution < -0.4 is 10.1 Å². The van der Waals surface area contributed by atoms with Crippen molar-refractivity contribution in [2.24, 2.45) is 0 Å². The summed E-state index contributed by atoms with van der Waals surface area (Å²) in [5.41, 5.74) is 5.90. The summed E-state index contributed by atoms with van der Waals surface area (Å²) in [5, 5.41) is 12.8. The van der Waals surface area contributed by atoms with Crippen molar-refractivity contribution in [2.75, 3.05) is 20.2 Å². The molecule has 0 bridgehead atoms. The van der Waals surface area contributed by atoms with Crippen molar-refractivity contribution in [3.05, 3.63) is 95.6 Å². The fraction of sp³-hybridized carbons (Fsp3) is 0.200. The van der Waals surface area contributed by atoms with Gasteiger partial charge >= 0.3 is 0 Å². The second kappa shape index (κ2) is 9.77. The Balaban J connectivity index is 2.06. The molecule has 0 aliphatic rings. The van der Waals surface area contributed by atoms with Crippen LogP contribution in [-0.4, -0.2) is 25.3 Å². The van der Waals surface area contributed by atoms with Crippen molar-refractivity contribution in [2.45, 2.75) is 13.3 Å². The van der Waals surface area contributed by atoms with Crippen LogP contribution in [0.15, 0.2) is 78.9 Å². The molecule has 3 aromatic rings. The third-order valence-corrected chi connectivity index (χ3v) is 4.70. The molecule has 3 nitrogen and oxygen atoms in total. The Hall–Kier alpha value is -3.04. The summed E-state index contributed by atoms with van der Waals surface area (Å²) in [6.07, 6.45) is 0.884. The van der Waals surface area contributed by atoms with Gasteiger partial charge in [-0.15, -0.1) is 0 Å². The van der Waals surface area contributed by atoms with Crippen molar-refractivity contribution in [3.8, 4) is 11.5 Å². The lowest BCUT2D eigenvalue weighted by Gasteiger charge is -2.17. The van der Waals surface area contributed by atoms with Crippen LogP contribution in [0.5, 0.6) is 11.5 Å². The van der Waals surface area contributed by atoms with Gasteiger partial charge in [-0.25, -0.2) is 0 Å². The van der Waals surface area contributed by atoms with Crippen LogP contribution in [0.1, 0.15) is 30.0 Å². The molecule has 3 aromatic carbocycles. The Labute approximate surface area is 167 Å². The normalized spacial score (nSPS) is 11.8. The van der Waals surface area contributed by atoms with Crippen LogP contribution in [0.25, 0.3) is 11.1 Å². The molecule has 0 radical (unpaired) electrons. The number of nitrogens with one attached hydrogen (secondary N) is 1. The summed E-state index contributed by atoms with van der Waals surface area (Å²) in [4.78, 5) is 0. The largest absolute Gasteiger partial charge is 0.508 e. The average Bonchev–Trinajstić information content (AvgIpc) is 2.74. The van der Waals surface area contributed by atoms with Crippen LogP contribution in [0.2, 0.25) is 0 Å². The Morgan fingerprint density at radius 3 is 2.04 bits per heavy atom. The SMILES string of the molecule is CC/C(=C(\c1ccccc1)c1ccc(OCCNC)cc1)c1ccc(O)cc1. The lowest BCUT2D eigenvalue weighted by molar-refractivity contribution is 0.318. The molecule has 0 aromatic heterocycles. The molecule has 28 heavy (non-hydrogen) atoms. The Bertz CT molecular complexity index is 898. The van der Waals surface area contributed by atoms with Gasteiger partial charge in [-0.3, -0.25) is 0 Å². The Kier molecular flexibility index (Phi) is 6.88. The highest BCUT2D eigenvalue weighted by atomic mass is 16.5. The van der Waals surface area contributed by atoms with Crippen LogP contribution in [0.4, 0.5) is 0 Å². The molecule has 0 unspecified atom stereocenters. The van der Waals surface area contributed by atoms with Gasteiger partial charge in [-0.2, -0.15) is 0 Å². The lowest BCUT2D eigenvalue weighted by atomic mass is 9.88. The predicted octanol–water partition coefficient (Wildman–Crippen LogP) is 5.36. The molecule has 0 saturated heterocycles. The quantitative estimate of drug-likeness (QED) is 0.413. The predicted molar refractivity (Wildman–Crippen MR) is 117 cm³/mol. The molecule has 2 N–H and O–H groups in total. The first-order valence-corrected chi connectivity index (χ1v) is 9.68. The minimum Gasteiger partial charge on any atom is -0.508 e. The molecule has 0 saturated carbocycles. The molecule has 0 amide bonds. The van der Waals surface area contributed by atoms with Gasteiger partial charge in [-0.1, -0.05) is 61.5 Å². The number of likely N-dealkylation sites (N-methyl/N-ethyl adjacent to an activating group) is 1. The van der Waals surface area contributed by atoms with Gasteiger partial charge in [0.1, 0.15) is 18.1 Å². The Morgan fingerprint density at radius 1 is 0.821 bits per heavy atom. The van der Waals surface area contributed by atoms with Gasteiger partial charge in [0, 0.05) is 6.54 Å². The highest BCUT2D eigenvalue weighted by Crippen LogP contribution is 2.35. The van der Waals surface area contributed by atoms with E-state index in [-0.39, 0.29) is 5.75 Å².